The molecule has 1 aromatic carbocycles. The SMILES string of the molecule is C.C.CCC(C)c1ccc(OC)cc1. The minimum Gasteiger partial charge on any atom is -0.497 e. The molecule has 14 heavy (non-hydrogen) atoms. The first-order valence-corrected chi connectivity index (χ1v) is 4.42. The molecule has 0 bridgehead atoms. The van der Waals surface area contributed by atoms with Crippen LogP contribution in [-0.4, -0.2) is 7.11 Å². The molecule has 1 atom stereocenters. The molecule has 0 spiro atoms. The van der Waals surface area contributed by atoms with Crippen LogP contribution < -0.4 is 4.74 Å². The summed E-state index contributed by atoms with van der Waals surface area (Å²) in [5.41, 5.74) is 1.39. The lowest BCUT2D eigenvalue weighted by atomic mass is 9.99. The van der Waals surface area contributed by atoms with Gasteiger partial charge in [-0.2, -0.15) is 0 Å². The highest BCUT2D eigenvalue weighted by atomic mass is 16.5. The second-order valence-electron chi connectivity index (χ2n) is 3.08. The standard InChI is InChI=1S/C11H16O.2CH4/c1-4-9(2)10-5-7-11(12-3)8-6-10;;/h5-9H,4H2,1-3H3;2*1H4. The number of rotatable bonds is 3. The van der Waals surface area contributed by atoms with Crippen LogP contribution in [0, 0.1) is 0 Å². The first-order valence-electron chi connectivity index (χ1n) is 4.42. The Labute approximate surface area is 89.1 Å². The van der Waals surface area contributed by atoms with Crippen LogP contribution in [0.25, 0.3) is 0 Å². The minimum absolute atomic E-state index is 0. The van der Waals surface area contributed by atoms with Crippen LogP contribution in [0.4, 0.5) is 0 Å². The maximum absolute atomic E-state index is 5.08. The zero-order valence-corrected chi connectivity index (χ0v) is 8.00. The van der Waals surface area contributed by atoms with Gasteiger partial charge in [0.25, 0.3) is 0 Å². The molecule has 0 radical (unpaired) electrons. The molecule has 0 amide bonds. The molecule has 0 fully saturated rings. The minimum atomic E-state index is 0. The van der Waals surface area contributed by atoms with Crippen LogP contribution in [0.3, 0.4) is 0 Å². The average molecular weight is 196 g/mol. The van der Waals surface area contributed by atoms with E-state index in [0.29, 0.717) is 5.92 Å². The van der Waals surface area contributed by atoms with E-state index in [9.17, 15) is 0 Å². The van der Waals surface area contributed by atoms with Crippen LogP contribution in [0.1, 0.15) is 46.6 Å². The van der Waals surface area contributed by atoms with Crippen molar-refractivity contribution in [3.05, 3.63) is 29.8 Å². The number of methoxy groups -OCH3 is 1. The third kappa shape index (κ3) is 3.82. The van der Waals surface area contributed by atoms with Crippen molar-refractivity contribution in [3.63, 3.8) is 0 Å². The summed E-state index contributed by atoms with van der Waals surface area (Å²) in [6.45, 7) is 4.44. The maximum atomic E-state index is 5.08. The summed E-state index contributed by atoms with van der Waals surface area (Å²) in [5.74, 6) is 1.58. The lowest BCUT2D eigenvalue weighted by Crippen LogP contribution is -1.90. The molecule has 82 valence electrons. The van der Waals surface area contributed by atoms with Crippen LogP contribution in [0.2, 0.25) is 0 Å². The molecule has 1 unspecified atom stereocenters. The fourth-order valence-corrected chi connectivity index (χ4v) is 1.17. The van der Waals surface area contributed by atoms with Gasteiger partial charge in [0.15, 0.2) is 0 Å². The summed E-state index contributed by atoms with van der Waals surface area (Å²) < 4.78 is 5.08. The van der Waals surface area contributed by atoms with Crippen molar-refractivity contribution in [1.29, 1.82) is 0 Å². The Morgan fingerprint density at radius 1 is 1.14 bits per heavy atom. The zero-order valence-electron chi connectivity index (χ0n) is 8.00. The van der Waals surface area contributed by atoms with Gasteiger partial charge in [0.2, 0.25) is 0 Å². The average Bonchev–Trinajstić information content (AvgIpc) is 2.17. The third-order valence-corrected chi connectivity index (χ3v) is 2.30. The molecule has 1 nitrogen and oxygen atoms in total. The first-order chi connectivity index (χ1) is 5.77. The Bertz CT molecular complexity index is 225. The molecule has 0 N–H and O–H groups in total. The number of hydrogen-bond donors (Lipinski definition) is 0. The smallest absolute Gasteiger partial charge is 0.118 e. The van der Waals surface area contributed by atoms with E-state index < -0.39 is 0 Å². The van der Waals surface area contributed by atoms with Gasteiger partial charge in [0, 0.05) is 0 Å². The van der Waals surface area contributed by atoms with Crippen LogP contribution in [-0.2, 0) is 0 Å². The quantitative estimate of drug-likeness (QED) is 0.692. The molecule has 0 aromatic heterocycles. The van der Waals surface area contributed by atoms with Crippen molar-refractivity contribution in [1.82, 2.24) is 0 Å². The van der Waals surface area contributed by atoms with E-state index in [1.54, 1.807) is 7.11 Å². The van der Waals surface area contributed by atoms with E-state index in [2.05, 4.69) is 26.0 Å². The summed E-state index contributed by atoms with van der Waals surface area (Å²) in [6, 6.07) is 8.29. The lowest BCUT2D eigenvalue weighted by molar-refractivity contribution is 0.414. The summed E-state index contributed by atoms with van der Waals surface area (Å²) in [4.78, 5) is 0. The zero-order chi connectivity index (χ0) is 8.97. The summed E-state index contributed by atoms with van der Waals surface area (Å²) >= 11 is 0. The Balaban J connectivity index is 0. The highest BCUT2D eigenvalue weighted by Crippen LogP contribution is 2.20. The lowest BCUT2D eigenvalue weighted by Gasteiger charge is -2.08. The number of ether oxygens (including phenoxy) is 1. The van der Waals surface area contributed by atoms with E-state index in [1.165, 1.54) is 12.0 Å². The molecular formula is C13H24O. The van der Waals surface area contributed by atoms with E-state index >= 15 is 0 Å². The fourth-order valence-electron chi connectivity index (χ4n) is 1.17. The van der Waals surface area contributed by atoms with Gasteiger partial charge in [0.05, 0.1) is 7.11 Å². The Morgan fingerprint density at radius 2 is 1.64 bits per heavy atom. The van der Waals surface area contributed by atoms with Crippen LogP contribution in [0.5, 0.6) is 5.75 Å². The van der Waals surface area contributed by atoms with Crippen molar-refractivity contribution in [2.75, 3.05) is 7.11 Å². The second kappa shape index (κ2) is 7.43. The molecule has 1 rings (SSSR count). The van der Waals surface area contributed by atoms with Gasteiger partial charge in [-0.15, -0.1) is 0 Å². The van der Waals surface area contributed by atoms with Gasteiger partial charge < -0.3 is 4.74 Å². The number of benzene rings is 1. The Morgan fingerprint density at radius 3 is 2.00 bits per heavy atom. The number of hydrogen-bond acceptors (Lipinski definition) is 1. The molecule has 0 aliphatic carbocycles. The van der Waals surface area contributed by atoms with Gasteiger partial charge in [-0.25, -0.2) is 0 Å². The molecule has 0 aliphatic rings. The van der Waals surface area contributed by atoms with E-state index in [1.807, 2.05) is 12.1 Å². The highest BCUT2D eigenvalue weighted by Gasteiger charge is 2.01. The first kappa shape index (κ1) is 15.5. The van der Waals surface area contributed by atoms with Crippen molar-refractivity contribution in [2.45, 2.75) is 41.0 Å². The van der Waals surface area contributed by atoms with E-state index in [0.717, 1.165) is 5.75 Å². The largest absolute Gasteiger partial charge is 0.497 e. The molecule has 1 heteroatoms. The van der Waals surface area contributed by atoms with Crippen molar-refractivity contribution in [2.24, 2.45) is 0 Å². The molecule has 1 aromatic rings. The second-order valence-corrected chi connectivity index (χ2v) is 3.08. The van der Waals surface area contributed by atoms with Crippen LogP contribution in [0.15, 0.2) is 24.3 Å². The molecule has 0 saturated heterocycles. The molecule has 0 heterocycles. The molecule has 0 saturated carbocycles. The normalized spacial score (nSPS) is 10.8. The predicted molar refractivity (Wildman–Crippen MR) is 65.2 cm³/mol. The Hall–Kier alpha value is -0.980. The van der Waals surface area contributed by atoms with Crippen molar-refractivity contribution >= 4 is 0 Å². The van der Waals surface area contributed by atoms with Gasteiger partial charge in [-0.1, -0.05) is 40.8 Å². The molecule has 0 aliphatic heterocycles. The Kier molecular flexibility index (Phi) is 8.22. The van der Waals surface area contributed by atoms with Gasteiger partial charge >= 0.3 is 0 Å². The highest BCUT2D eigenvalue weighted by molar-refractivity contribution is 5.28. The van der Waals surface area contributed by atoms with Gasteiger partial charge in [-0.05, 0) is 30.0 Å². The van der Waals surface area contributed by atoms with Crippen molar-refractivity contribution < 1.29 is 4.74 Å². The van der Waals surface area contributed by atoms with Crippen molar-refractivity contribution in [3.8, 4) is 5.75 Å². The summed E-state index contributed by atoms with van der Waals surface area (Å²) in [5, 5.41) is 0. The third-order valence-electron chi connectivity index (χ3n) is 2.30. The van der Waals surface area contributed by atoms with Gasteiger partial charge in [-0.3, -0.25) is 0 Å². The fraction of sp³-hybridized carbons (Fsp3) is 0.538. The molecular weight excluding hydrogens is 172 g/mol. The summed E-state index contributed by atoms with van der Waals surface area (Å²) in [7, 11) is 1.69. The van der Waals surface area contributed by atoms with E-state index in [-0.39, 0.29) is 14.9 Å². The van der Waals surface area contributed by atoms with E-state index in [4.69, 9.17) is 4.74 Å². The monoisotopic (exact) mass is 196 g/mol. The van der Waals surface area contributed by atoms with Gasteiger partial charge in [0.1, 0.15) is 5.75 Å². The summed E-state index contributed by atoms with van der Waals surface area (Å²) in [6.07, 6.45) is 1.19. The predicted octanol–water partition coefficient (Wildman–Crippen LogP) is 4.48. The topological polar surface area (TPSA) is 9.23 Å². The maximum Gasteiger partial charge on any atom is 0.118 e. The van der Waals surface area contributed by atoms with Crippen LogP contribution >= 0.6 is 0 Å².